The predicted molar refractivity (Wildman–Crippen MR) is 70.0 cm³/mol. The number of hydrogen-bond donors (Lipinski definition) is 1. The van der Waals surface area contributed by atoms with E-state index in [0.29, 0.717) is 15.8 Å². The van der Waals surface area contributed by atoms with Crippen molar-refractivity contribution in [3.05, 3.63) is 52.9 Å². The lowest BCUT2D eigenvalue weighted by Gasteiger charge is -2.03. The largest absolute Gasteiger partial charge is 0.478 e. The molecule has 0 aliphatic heterocycles. The van der Waals surface area contributed by atoms with Crippen molar-refractivity contribution in [2.24, 2.45) is 0 Å². The van der Waals surface area contributed by atoms with E-state index in [1.807, 2.05) is 6.07 Å². The molecule has 6 heteroatoms. The quantitative estimate of drug-likeness (QED) is 0.872. The highest BCUT2D eigenvalue weighted by Crippen LogP contribution is 2.25. The summed E-state index contributed by atoms with van der Waals surface area (Å²) in [5.74, 6) is -0.335. The van der Waals surface area contributed by atoms with Gasteiger partial charge < -0.3 is 5.11 Å². The van der Waals surface area contributed by atoms with Gasteiger partial charge in [-0.3, -0.25) is 4.98 Å². The van der Waals surface area contributed by atoms with Crippen molar-refractivity contribution in [1.82, 2.24) is 9.97 Å². The SMILES string of the molecule is O=C(O)c1ccnc(SCc2ccncc2Cl)c1. The lowest BCUT2D eigenvalue weighted by Crippen LogP contribution is -1.96. The fourth-order valence-corrected chi connectivity index (χ4v) is 2.46. The molecule has 0 aliphatic rings. The molecule has 2 aromatic heterocycles. The van der Waals surface area contributed by atoms with E-state index in [-0.39, 0.29) is 5.56 Å². The zero-order valence-corrected chi connectivity index (χ0v) is 10.8. The molecule has 0 aromatic carbocycles. The minimum absolute atomic E-state index is 0.230. The maximum absolute atomic E-state index is 10.8. The van der Waals surface area contributed by atoms with Gasteiger partial charge in [0.15, 0.2) is 0 Å². The highest BCUT2D eigenvalue weighted by atomic mass is 35.5. The highest BCUT2D eigenvalue weighted by molar-refractivity contribution is 7.98. The van der Waals surface area contributed by atoms with Crippen LogP contribution in [-0.4, -0.2) is 21.0 Å². The number of carboxylic acid groups (broad SMARTS) is 1. The first kappa shape index (κ1) is 12.9. The first-order valence-corrected chi connectivity index (χ1v) is 6.43. The summed E-state index contributed by atoms with van der Waals surface area (Å²) in [4.78, 5) is 18.8. The van der Waals surface area contributed by atoms with Gasteiger partial charge in [-0.2, -0.15) is 0 Å². The average molecular weight is 281 g/mol. The summed E-state index contributed by atoms with van der Waals surface area (Å²) in [6, 6.07) is 4.84. The van der Waals surface area contributed by atoms with Crippen LogP contribution in [0, 0.1) is 0 Å². The van der Waals surface area contributed by atoms with Crippen LogP contribution in [0.25, 0.3) is 0 Å². The molecule has 0 unspecified atom stereocenters. The molecule has 0 spiro atoms. The van der Waals surface area contributed by atoms with Crippen LogP contribution in [0.4, 0.5) is 0 Å². The minimum atomic E-state index is -0.957. The normalized spacial score (nSPS) is 10.3. The molecule has 2 aromatic rings. The lowest BCUT2D eigenvalue weighted by molar-refractivity contribution is 0.0696. The summed E-state index contributed by atoms with van der Waals surface area (Å²) in [6.45, 7) is 0. The summed E-state index contributed by atoms with van der Waals surface area (Å²) in [7, 11) is 0. The second-order valence-corrected chi connectivity index (χ2v) is 4.85. The van der Waals surface area contributed by atoms with Crippen molar-refractivity contribution in [2.45, 2.75) is 10.8 Å². The first-order chi connectivity index (χ1) is 8.66. The Labute approximate surface area is 113 Å². The van der Waals surface area contributed by atoms with E-state index in [4.69, 9.17) is 16.7 Å². The maximum Gasteiger partial charge on any atom is 0.335 e. The average Bonchev–Trinajstić information content (AvgIpc) is 2.38. The number of halogens is 1. The molecule has 4 nitrogen and oxygen atoms in total. The van der Waals surface area contributed by atoms with Crippen molar-refractivity contribution in [1.29, 1.82) is 0 Å². The predicted octanol–water partition coefficient (Wildman–Crippen LogP) is 3.12. The van der Waals surface area contributed by atoms with Crippen molar-refractivity contribution in [2.75, 3.05) is 0 Å². The third-order valence-electron chi connectivity index (χ3n) is 2.21. The van der Waals surface area contributed by atoms with Gasteiger partial charge in [0.25, 0.3) is 0 Å². The molecule has 0 fully saturated rings. The maximum atomic E-state index is 10.8. The van der Waals surface area contributed by atoms with E-state index in [1.165, 1.54) is 24.0 Å². The van der Waals surface area contributed by atoms with E-state index < -0.39 is 5.97 Å². The third-order valence-corrected chi connectivity index (χ3v) is 3.53. The first-order valence-electron chi connectivity index (χ1n) is 5.07. The fourth-order valence-electron chi connectivity index (χ4n) is 1.29. The molecule has 18 heavy (non-hydrogen) atoms. The van der Waals surface area contributed by atoms with E-state index in [1.54, 1.807) is 18.5 Å². The van der Waals surface area contributed by atoms with Crippen LogP contribution in [0.3, 0.4) is 0 Å². The Balaban J connectivity index is 2.09. The zero-order valence-electron chi connectivity index (χ0n) is 9.21. The number of thioether (sulfide) groups is 1. The van der Waals surface area contributed by atoms with Crippen LogP contribution in [0.15, 0.2) is 41.8 Å². The third kappa shape index (κ3) is 3.21. The Kier molecular flexibility index (Phi) is 4.17. The second-order valence-electron chi connectivity index (χ2n) is 3.44. The molecule has 92 valence electrons. The molecule has 1 N–H and O–H groups in total. The number of rotatable bonds is 4. The molecule has 0 saturated carbocycles. The molecule has 2 heterocycles. The Morgan fingerprint density at radius 3 is 2.94 bits per heavy atom. The number of nitrogens with zero attached hydrogens (tertiary/aromatic N) is 2. The number of aromatic carboxylic acids is 1. The highest BCUT2D eigenvalue weighted by Gasteiger charge is 2.06. The Bertz CT molecular complexity index is 578. The summed E-state index contributed by atoms with van der Waals surface area (Å²) < 4.78 is 0. The van der Waals surface area contributed by atoms with Gasteiger partial charge in [0.2, 0.25) is 0 Å². The molecular weight excluding hydrogens is 272 g/mol. The standard InChI is InChI=1S/C12H9ClN2O2S/c13-10-6-14-3-1-9(10)7-18-11-5-8(12(16)17)2-4-15-11/h1-6H,7H2,(H,16,17). The Morgan fingerprint density at radius 1 is 1.39 bits per heavy atom. The van der Waals surface area contributed by atoms with Gasteiger partial charge in [0.05, 0.1) is 15.6 Å². The van der Waals surface area contributed by atoms with E-state index in [2.05, 4.69) is 9.97 Å². The molecule has 0 aliphatic carbocycles. The monoisotopic (exact) mass is 280 g/mol. The second kappa shape index (κ2) is 5.84. The minimum Gasteiger partial charge on any atom is -0.478 e. The topological polar surface area (TPSA) is 63.1 Å². The van der Waals surface area contributed by atoms with Crippen molar-refractivity contribution < 1.29 is 9.90 Å². The van der Waals surface area contributed by atoms with E-state index in [9.17, 15) is 4.79 Å². The lowest BCUT2D eigenvalue weighted by atomic mass is 10.3. The van der Waals surface area contributed by atoms with Gasteiger partial charge in [-0.05, 0) is 23.8 Å². The smallest absolute Gasteiger partial charge is 0.335 e. The summed E-state index contributed by atoms with van der Waals surface area (Å²) in [5.41, 5.74) is 1.17. The van der Waals surface area contributed by atoms with E-state index >= 15 is 0 Å². The van der Waals surface area contributed by atoms with Crippen LogP contribution in [0.2, 0.25) is 5.02 Å². The molecule has 0 saturated heterocycles. The summed E-state index contributed by atoms with van der Waals surface area (Å²) >= 11 is 7.41. The molecule has 0 amide bonds. The van der Waals surface area contributed by atoms with Gasteiger partial charge in [-0.25, -0.2) is 9.78 Å². The number of carbonyl (C=O) groups is 1. The molecule has 0 atom stereocenters. The molecule has 0 radical (unpaired) electrons. The molecule has 0 bridgehead atoms. The summed E-state index contributed by atoms with van der Waals surface area (Å²) in [5, 5.41) is 10.1. The molecular formula is C12H9ClN2O2S. The van der Waals surface area contributed by atoms with Crippen LogP contribution < -0.4 is 0 Å². The van der Waals surface area contributed by atoms with Crippen LogP contribution in [0.5, 0.6) is 0 Å². The van der Waals surface area contributed by atoms with Gasteiger partial charge in [0.1, 0.15) is 0 Å². The van der Waals surface area contributed by atoms with Crippen molar-refractivity contribution >= 4 is 29.3 Å². The molecule has 2 rings (SSSR count). The van der Waals surface area contributed by atoms with Crippen LogP contribution in [0.1, 0.15) is 15.9 Å². The number of hydrogen-bond acceptors (Lipinski definition) is 4. The Morgan fingerprint density at radius 2 is 2.22 bits per heavy atom. The number of aromatic nitrogens is 2. The van der Waals surface area contributed by atoms with Gasteiger partial charge >= 0.3 is 5.97 Å². The van der Waals surface area contributed by atoms with Crippen LogP contribution >= 0.6 is 23.4 Å². The van der Waals surface area contributed by atoms with Crippen LogP contribution in [-0.2, 0) is 5.75 Å². The van der Waals surface area contributed by atoms with Gasteiger partial charge in [-0.1, -0.05) is 11.6 Å². The number of pyridine rings is 2. The van der Waals surface area contributed by atoms with Crippen molar-refractivity contribution in [3.8, 4) is 0 Å². The van der Waals surface area contributed by atoms with Crippen molar-refractivity contribution in [3.63, 3.8) is 0 Å². The van der Waals surface area contributed by atoms with Gasteiger partial charge in [-0.15, -0.1) is 11.8 Å². The van der Waals surface area contributed by atoms with E-state index in [0.717, 1.165) is 5.56 Å². The summed E-state index contributed by atoms with van der Waals surface area (Å²) in [6.07, 6.45) is 4.74. The number of carboxylic acids is 1. The zero-order chi connectivity index (χ0) is 13.0. The van der Waals surface area contributed by atoms with Gasteiger partial charge in [0, 0.05) is 24.3 Å². The fraction of sp³-hybridized carbons (Fsp3) is 0.0833. The Hall–Kier alpha value is -1.59.